The van der Waals surface area contributed by atoms with Crippen molar-refractivity contribution in [3.05, 3.63) is 0 Å². The maximum Gasteiger partial charge on any atom is 0.410 e. The average molecular weight is 212 g/mol. The van der Waals surface area contributed by atoms with Crippen LogP contribution in [0.25, 0.3) is 0 Å². The Kier molecular flexibility index (Phi) is 2.41. The molecule has 0 unspecified atom stereocenters. The highest BCUT2D eigenvalue weighted by Gasteiger charge is 2.56. The molecule has 0 radical (unpaired) electrons. The van der Waals surface area contributed by atoms with Crippen LogP contribution in [0.4, 0.5) is 4.79 Å². The van der Waals surface area contributed by atoms with Crippen molar-refractivity contribution in [1.29, 1.82) is 0 Å². The zero-order valence-electron chi connectivity index (χ0n) is 9.91. The third kappa shape index (κ3) is 2.09. The second kappa shape index (κ2) is 3.37. The van der Waals surface area contributed by atoms with Crippen molar-refractivity contribution in [3.63, 3.8) is 0 Å². The van der Waals surface area contributed by atoms with Crippen LogP contribution >= 0.6 is 0 Å². The number of hydrogen-bond acceptors (Lipinski definition) is 3. The largest absolute Gasteiger partial charge is 0.444 e. The Hall–Kier alpha value is -0.770. The Balaban J connectivity index is 1.87. The van der Waals surface area contributed by atoms with Crippen molar-refractivity contribution in [2.45, 2.75) is 32.4 Å². The van der Waals surface area contributed by atoms with Gasteiger partial charge in [0.25, 0.3) is 0 Å². The van der Waals surface area contributed by atoms with E-state index in [0.717, 1.165) is 13.1 Å². The fourth-order valence-electron chi connectivity index (χ4n) is 2.42. The minimum Gasteiger partial charge on any atom is -0.444 e. The molecular formula is C11H20N2O2. The van der Waals surface area contributed by atoms with Crippen LogP contribution in [-0.2, 0) is 4.74 Å². The van der Waals surface area contributed by atoms with Gasteiger partial charge in [-0.2, -0.15) is 0 Å². The van der Waals surface area contributed by atoms with Gasteiger partial charge in [-0.05, 0) is 32.6 Å². The highest BCUT2D eigenvalue weighted by atomic mass is 16.6. The molecule has 0 spiro atoms. The molecule has 3 atom stereocenters. The minimum absolute atomic E-state index is 0.193. The quantitative estimate of drug-likeness (QED) is 0.707. The molecule has 2 fully saturated rings. The third-order valence-corrected chi connectivity index (χ3v) is 3.18. The van der Waals surface area contributed by atoms with Crippen LogP contribution in [0.3, 0.4) is 0 Å². The van der Waals surface area contributed by atoms with Gasteiger partial charge < -0.3 is 15.0 Å². The Morgan fingerprint density at radius 1 is 1.33 bits per heavy atom. The maximum atomic E-state index is 11.8. The van der Waals surface area contributed by atoms with Crippen molar-refractivity contribution < 1.29 is 9.53 Å². The molecule has 0 bridgehead atoms. The fraction of sp³-hybridized carbons (Fsp3) is 0.909. The molecule has 1 saturated carbocycles. The van der Waals surface area contributed by atoms with Crippen LogP contribution in [0.5, 0.6) is 0 Å². The van der Waals surface area contributed by atoms with E-state index in [1.807, 2.05) is 27.8 Å². The summed E-state index contributed by atoms with van der Waals surface area (Å²) in [4.78, 5) is 13.5. The molecule has 1 heterocycles. The summed E-state index contributed by atoms with van der Waals surface area (Å²) in [6.45, 7) is 7.78. The van der Waals surface area contributed by atoms with E-state index in [2.05, 4.69) is 5.32 Å². The molecule has 1 amide bonds. The molecule has 4 heteroatoms. The molecular weight excluding hydrogens is 192 g/mol. The molecule has 1 N–H and O–H groups in total. The Morgan fingerprint density at radius 2 is 1.87 bits per heavy atom. The molecule has 0 aromatic rings. The number of nitrogens with zero attached hydrogens (tertiary/aromatic N) is 1. The van der Waals surface area contributed by atoms with E-state index >= 15 is 0 Å². The van der Waals surface area contributed by atoms with Crippen LogP contribution in [0.1, 0.15) is 20.8 Å². The van der Waals surface area contributed by atoms with E-state index in [-0.39, 0.29) is 6.09 Å². The van der Waals surface area contributed by atoms with Gasteiger partial charge in [0.1, 0.15) is 5.60 Å². The number of carbonyl (C=O) groups is 1. The predicted octanol–water partition coefficient (Wildman–Crippen LogP) is 1.07. The Bertz CT molecular complexity index is 262. The lowest BCUT2D eigenvalue weighted by Crippen LogP contribution is -2.38. The second-order valence-electron chi connectivity index (χ2n) is 5.57. The van der Waals surface area contributed by atoms with E-state index in [4.69, 9.17) is 4.74 Å². The first-order valence-corrected chi connectivity index (χ1v) is 5.56. The van der Waals surface area contributed by atoms with E-state index < -0.39 is 5.60 Å². The highest BCUT2D eigenvalue weighted by molar-refractivity contribution is 5.69. The number of nitrogens with one attached hydrogen (secondary N) is 1. The van der Waals surface area contributed by atoms with E-state index in [1.165, 1.54) is 0 Å². The zero-order chi connectivity index (χ0) is 11.2. The van der Waals surface area contributed by atoms with Gasteiger partial charge in [0, 0.05) is 26.2 Å². The summed E-state index contributed by atoms with van der Waals surface area (Å²) in [5, 5.41) is 3.32. The van der Waals surface area contributed by atoms with Crippen molar-refractivity contribution >= 4 is 6.09 Å². The monoisotopic (exact) mass is 212 g/mol. The van der Waals surface area contributed by atoms with Crippen molar-refractivity contribution in [2.75, 3.05) is 20.1 Å². The minimum atomic E-state index is -0.395. The van der Waals surface area contributed by atoms with Crippen molar-refractivity contribution in [1.82, 2.24) is 10.2 Å². The van der Waals surface area contributed by atoms with Gasteiger partial charge in [-0.25, -0.2) is 4.79 Å². The predicted molar refractivity (Wildman–Crippen MR) is 57.6 cm³/mol. The fourth-order valence-corrected chi connectivity index (χ4v) is 2.42. The summed E-state index contributed by atoms with van der Waals surface area (Å²) < 4.78 is 5.33. The van der Waals surface area contributed by atoms with E-state index in [1.54, 1.807) is 4.90 Å². The van der Waals surface area contributed by atoms with Gasteiger partial charge >= 0.3 is 6.09 Å². The lowest BCUT2D eigenvalue weighted by atomic mass is 10.2. The van der Waals surface area contributed by atoms with Crippen LogP contribution < -0.4 is 5.32 Å². The lowest BCUT2D eigenvalue weighted by Gasteiger charge is -2.25. The number of hydrogen-bond donors (Lipinski definition) is 1. The Morgan fingerprint density at radius 3 is 2.33 bits per heavy atom. The van der Waals surface area contributed by atoms with E-state index in [0.29, 0.717) is 17.9 Å². The molecule has 2 aliphatic rings. The van der Waals surface area contributed by atoms with Crippen LogP contribution in [0, 0.1) is 11.8 Å². The number of rotatable bonds is 1. The first-order valence-electron chi connectivity index (χ1n) is 5.56. The van der Waals surface area contributed by atoms with Crippen LogP contribution in [-0.4, -0.2) is 42.8 Å². The number of carbonyl (C=O) groups excluding carboxylic acids is 1. The molecule has 15 heavy (non-hydrogen) atoms. The van der Waals surface area contributed by atoms with Gasteiger partial charge in [-0.1, -0.05) is 0 Å². The van der Waals surface area contributed by atoms with E-state index in [9.17, 15) is 4.79 Å². The van der Waals surface area contributed by atoms with Crippen molar-refractivity contribution in [3.8, 4) is 0 Å². The van der Waals surface area contributed by atoms with Crippen molar-refractivity contribution in [2.24, 2.45) is 11.8 Å². The summed E-state index contributed by atoms with van der Waals surface area (Å²) >= 11 is 0. The summed E-state index contributed by atoms with van der Waals surface area (Å²) in [6.07, 6.45) is -0.193. The number of amides is 1. The van der Waals surface area contributed by atoms with Gasteiger partial charge in [-0.15, -0.1) is 0 Å². The average Bonchev–Trinajstić information content (AvgIpc) is 2.54. The summed E-state index contributed by atoms with van der Waals surface area (Å²) in [6, 6.07) is 0.404. The first-order chi connectivity index (χ1) is 6.90. The van der Waals surface area contributed by atoms with Gasteiger partial charge in [-0.3, -0.25) is 0 Å². The molecule has 1 saturated heterocycles. The summed E-state index contributed by atoms with van der Waals surface area (Å²) in [5.41, 5.74) is -0.395. The standard InChI is InChI=1S/C11H20N2O2/c1-11(2,3)15-10(14)13(4)9-7-5-12-6-8(7)9/h7-9,12H,5-6H2,1-4H3/t7-,8+,9+. The molecule has 2 rings (SSSR count). The molecule has 4 nitrogen and oxygen atoms in total. The van der Waals surface area contributed by atoms with Gasteiger partial charge in [0.15, 0.2) is 0 Å². The van der Waals surface area contributed by atoms with Crippen LogP contribution in [0.2, 0.25) is 0 Å². The number of piperidine rings is 1. The van der Waals surface area contributed by atoms with Gasteiger partial charge in [0.2, 0.25) is 0 Å². The molecule has 1 aliphatic heterocycles. The number of fused-ring (bicyclic) bond motifs is 1. The Labute approximate surface area is 91.0 Å². The molecule has 86 valence electrons. The topological polar surface area (TPSA) is 41.6 Å². The third-order valence-electron chi connectivity index (χ3n) is 3.18. The second-order valence-corrected chi connectivity index (χ2v) is 5.57. The van der Waals surface area contributed by atoms with Crippen LogP contribution in [0.15, 0.2) is 0 Å². The summed E-state index contributed by atoms with van der Waals surface area (Å²) in [7, 11) is 1.84. The smallest absolute Gasteiger partial charge is 0.410 e. The first kappa shape index (κ1) is 10.7. The number of ether oxygens (including phenoxy) is 1. The molecule has 0 aromatic carbocycles. The lowest BCUT2D eigenvalue weighted by molar-refractivity contribution is 0.0266. The maximum absolute atomic E-state index is 11.8. The SMILES string of the molecule is CN(C(=O)OC(C)(C)C)[C@H]1[C@@H]2CNC[C@@H]21. The summed E-state index contributed by atoms with van der Waals surface area (Å²) in [5.74, 6) is 1.31. The molecule has 0 aromatic heterocycles. The highest BCUT2D eigenvalue weighted by Crippen LogP contribution is 2.45. The van der Waals surface area contributed by atoms with Gasteiger partial charge in [0.05, 0.1) is 0 Å². The normalized spacial score (nSPS) is 33.5. The molecule has 1 aliphatic carbocycles. The zero-order valence-corrected chi connectivity index (χ0v) is 9.91.